The van der Waals surface area contributed by atoms with Crippen molar-refractivity contribution in [3.8, 4) is 0 Å². The van der Waals surface area contributed by atoms with Crippen molar-refractivity contribution in [2.24, 2.45) is 0 Å². The standard InChI is InChI=1S/C17H16N2OS3/c20-12(14-7-3-8-21-14)5-2-9-22-16-15-11-4-1-6-13(11)23-17(15)19-10-18-16/h3,7-8,10H,1-2,4-6,9H2. The molecule has 0 bridgehead atoms. The lowest BCUT2D eigenvalue weighted by Crippen LogP contribution is -1.97. The molecule has 118 valence electrons. The van der Waals surface area contributed by atoms with Gasteiger partial charge in [0.1, 0.15) is 16.2 Å². The molecule has 1 aliphatic carbocycles. The zero-order chi connectivity index (χ0) is 15.6. The highest BCUT2D eigenvalue weighted by molar-refractivity contribution is 7.99. The van der Waals surface area contributed by atoms with Gasteiger partial charge >= 0.3 is 0 Å². The van der Waals surface area contributed by atoms with E-state index in [1.54, 1.807) is 18.1 Å². The monoisotopic (exact) mass is 360 g/mol. The zero-order valence-corrected chi connectivity index (χ0v) is 15.0. The third-order valence-corrected chi connectivity index (χ3v) is 7.24. The maximum Gasteiger partial charge on any atom is 0.172 e. The second-order valence-electron chi connectivity index (χ2n) is 5.57. The molecule has 0 saturated heterocycles. The van der Waals surface area contributed by atoms with Crippen LogP contribution in [0.2, 0.25) is 0 Å². The van der Waals surface area contributed by atoms with Crippen LogP contribution in [-0.2, 0) is 12.8 Å². The van der Waals surface area contributed by atoms with Crippen LogP contribution in [0.25, 0.3) is 10.2 Å². The molecule has 0 radical (unpaired) electrons. The second-order valence-corrected chi connectivity index (χ2v) is 8.68. The predicted molar refractivity (Wildman–Crippen MR) is 98.0 cm³/mol. The fourth-order valence-electron chi connectivity index (χ4n) is 2.97. The van der Waals surface area contributed by atoms with Gasteiger partial charge in [-0.2, -0.15) is 0 Å². The number of aromatic nitrogens is 2. The SMILES string of the molecule is O=C(CCCSc1ncnc2sc3c(c12)CCC3)c1cccs1. The molecule has 3 nitrogen and oxygen atoms in total. The Hall–Kier alpha value is -1.24. The van der Waals surface area contributed by atoms with Gasteiger partial charge in [-0.3, -0.25) is 4.79 Å². The van der Waals surface area contributed by atoms with Gasteiger partial charge in [-0.1, -0.05) is 6.07 Å². The summed E-state index contributed by atoms with van der Waals surface area (Å²) in [4.78, 5) is 24.4. The van der Waals surface area contributed by atoms with Crippen molar-refractivity contribution in [1.82, 2.24) is 9.97 Å². The zero-order valence-electron chi connectivity index (χ0n) is 12.6. The second kappa shape index (κ2) is 6.71. The largest absolute Gasteiger partial charge is 0.293 e. The number of carbonyl (C=O) groups is 1. The van der Waals surface area contributed by atoms with Crippen LogP contribution in [0.4, 0.5) is 0 Å². The number of nitrogens with zero attached hydrogens (tertiary/aromatic N) is 2. The lowest BCUT2D eigenvalue weighted by atomic mass is 10.2. The molecule has 0 atom stereocenters. The molecule has 0 aliphatic heterocycles. The number of hydrogen-bond acceptors (Lipinski definition) is 6. The van der Waals surface area contributed by atoms with Crippen LogP contribution >= 0.6 is 34.4 Å². The van der Waals surface area contributed by atoms with E-state index in [9.17, 15) is 4.79 Å². The minimum absolute atomic E-state index is 0.254. The van der Waals surface area contributed by atoms with Gasteiger partial charge in [-0.15, -0.1) is 34.4 Å². The number of hydrogen-bond donors (Lipinski definition) is 0. The highest BCUT2D eigenvalue weighted by atomic mass is 32.2. The average Bonchev–Trinajstić information content (AvgIpc) is 3.26. The number of thioether (sulfide) groups is 1. The first-order valence-corrected chi connectivity index (χ1v) is 10.5. The van der Waals surface area contributed by atoms with Crippen molar-refractivity contribution in [2.45, 2.75) is 37.1 Å². The molecule has 3 heterocycles. The Bertz CT molecular complexity index is 839. The van der Waals surface area contributed by atoms with Crippen LogP contribution in [0, 0.1) is 0 Å². The normalized spacial score (nSPS) is 13.6. The fraction of sp³-hybridized carbons (Fsp3) is 0.353. The van der Waals surface area contributed by atoms with Crippen LogP contribution in [-0.4, -0.2) is 21.5 Å². The molecule has 0 N–H and O–H groups in total. The highest BCUT2D eigenvalue weighted by Crippen LogP contribution is 2.40. The summed E-state index contributed by atoms with van der Waals surface area (Å²) in [5, 5.41) is 4.33. The van der Waals surface area contributed by atoms with E-state index < -0.39 is 0 Å². The minimum atomic E-state index is 0.254. The highest BCUT2D eigenvalue weighted by Gasteiger charge is 2.21. The maximum absolute atomic E-state index is 12.0. The molecule has 4 rings (SSSR count). The molecule has 0 fully saturated rings. The number of carbonyl (C=O) groups excluding carboxylic acids is 1. The first-order valence-electron chi connectivity index (χ1n) is 7.77. The van der Waals surface area contributed by atoms with Crippen LogP contribution in [0.1, 0.15) is 39.4 Å². The van der Waals surface area contributed by atoms with Crippen LogP contribution in [0.15, 0.2) is 28.9 Å². The Morgan fingerprint density at radius 2 is 2.26 bits per heavy atom. The summed E-state index contributed by atoms with van der Waals surface area (Å²) in [5.74, 6) is 1.18. The summed E-state index contributed by atoms with van der Waals surface area (Å²) in [6, 6.07) is 3.84. The minimum Gasteiger partial charge on any atom is -0.293 e. The lowest BCUT2D eigenvalue weighted by molar-refractivity contribution is 0.0986. The fourth-order valence-corrected chi connectivity index (χ4v) is 5.93. The van der Waals surface area contributed by atoms with E-state index in [-0.39, 0.29) is 5.78 Å². The first-order chi connectivity index (χ1) is 11.3. The third-order valence-electron chi connectivity index (χ3n) is 4.05. The van der Waals surface area contributed by atoms with E-state index >= 15 is 0 Å². The number of thiophene rings is 2. The summed E-state index contributed by atoms with van der Waals surface area (Å²) in [6.07, 6.45) is 6.78. The van der Waals surface area contributed by atoms with Crippen molar-refractivity contribution in [2.75, 3.05) is 5.75 Å². The van der Waals surface area contributed by atoms with E-state index in [4.69, 9.17) is 0 Å². The smallest absolute Gasteiger partial charge is 0.172 e. The number of Topliss-reactive ketones (excluding diaryl/α,β-unsaturated/α-hetero) is 1. The van der Waals surface area contributed by atoms with Crippen molar-refractivity contribution < 1.29 is 4.79 Å². The van der Waals surface area contributed by atoms with Crippen LogP contribution in [0.5, 0.6) is 0 Å². The van der Waals surface area contributed by atoms with Gasteiger partial charge < -0.3 is 0 Å². The summed E-state index contributed by atoms with van der Waals surface area (Å²) >= 11 is 5.12. The Morgan fingerprint density at radius 1 is 1.30 bits per heavy atom. The Labute approximate surface area is 147 Å². The molecule has 3 aromatic heterocycles. The quantitative estimate of drug-likeness (QED) is 0.269. The van der Waals surface area contributed by atoms with Gasteiger partial charge in [-0.25, -0.2) is 9.97 Å². The molecular formula is C17H16N2OS3. The lowest BCUT2D eigenvalue weighted by Gasteiger charge is -2.03. The molecule has 0 saturated carbocycles. The number of fused-ring (bicyclic) bond motifs is 3. The molecule has 23 heavy (non-hydrogen) atoms. The number of ketones is 1. The summed E-state index contributed by atoms with van der Waals surface area (Å²) in [7, 11) is 0. The van der Waals surface area contributed by atoms with E-state index in [2.05, 4.69) is 9.97 Å². The van der Waals surface area contributed by atoms with Crippen molar-refractivity contribution in [3.63, 3.8) is 0 Å². The van der Waals surface area contributed by atoms with E-state index in [0.29, 0.717) is 6.42 Å². The van der Waals surface area contributed by atoms with E-state index in [0.717, 1.165) is 33.3 Å². The third kappa shape index (κ3) is 3.07. The van der Waals surface area contributed by atoms with Gasteiger partial charge in [0.25, 0.3) is 0 Å². The van der Waals surface area contributed by atoms with Gasteiger partial charge in [0.05, 0.1) is 4.88 Å². The van der Waals surface area contributed by atoms with E-state index in [1.807, 2.05) is 28.8 Å². The molecule has 0 aromatic carbocycles. The molecule has 3 aromatic rings. The molecule has 1 aliphatic rings. The van der Waals surface area contributed by atoms with Crippen molar-refractivity contribution >= 4 is 50.4 Å². The van der Waals surface area contributed by atoms with Gasteiger partial charge in [0, 0.05) is 16.7 Å². The summed E-state index contributed by atoms with van der Waals surface area (Å²) in [6.45, 7) is 0. The van der Waals surface area contributed by atoms with Gasteiger partial charge in [0.2, 0.25) is 0 Å². The summed E-state index contributed by atoms with van der Waals surface area (Å²) < 4.78 is 0. The predicted octanol–water partition coefficient (Wildman–Crippen LogP) is 5.00. The molecular weight excluding hydrogens is 344 g/mol. The van der Waals surface area contributed by atoms with Gasteiger partial charge in [-0.05, 0) is 48.4 Å². The molecule has 6 heteroatoms. The van der Waals surface area contributed by atoms with Crippen molar-refractivity contribution in [3.05, 3.63) is 39.2 Å². The Kier molecular flexibility index (Phi) is 4.46. The van der Waals surface area contributed by atoms with Crippen molar-refractivity contribution in [1.29, 1.82) is 0 Å². The van der Waals surface area contributed by atoms with Crippen LogP contribution < -0.4 is 0 Å². The average molecular weight is 361 g/mol. The van der Waals surface area contributed by atoms with E-state index in [1.165, 1.54) is 40.0 Å². The Balaban J connectivity index is 1.41. The molecule has 0 amide bonds. The number of rotatable bonds is 6. The molecule has 0 unspecified atom stereocenters. The number of aryl methyl sites for hydroxylation is 2. The summed E-state index contributed by atoms with van der Waals surface area (Å²) in [5.41, 5.74) is 1.47. The Morgan fingerprint density at radius 3 is 3.13 bits per heavy atom. The van der Waals surface area contributed by atoms with Gasteiger partial charge in [0.15, 0.2) is 5.78 Å². The maximum atomic E-state index is 12.0. The topological polar surface area (TPSA) is 42.9 Å². The first kappa shape index (κ1) is 15.3. The van der Waals surface area contributed by atoms with Crippen LogP contribution in [0.3, 0.4) is 0 Å². The molecule has 0 spiro atoms.